The van der Waals surface area contributed by atoms with Crippen molar-refractivity contribution in [2.75, 3.05) is 18.1 Å². The van der Waals surface area contributed by atoms with E-state index in [2.05, 4.69) is 25.5 Å². The maximum atomic E-state index is 13.1. The summed E-state index contributed by atoms with van der Waals surface area (Å²) >= 11 is 0. The summed E-state index contributed by atoms with van der Waals surface area (Å²) in [6.45, 7) is 6.23. The molecule has 1 N–H and O–H groups in total. The molecule has 1 heterocycles. The molecule has 0 aliphatic carbocycles. The van der Waals surface area contributed by atoms with Gasteiger partial charge in [0.2, 0.25) is 10.0 Å². The van der Waals surface area contributed by atoms with Crippen LogP contribution in [0.25, 0.3) is 33.0 Å². The van der Waals surface area contributed by atoms with Crippen LogP contribution in [0.15, 0.2) is 64.3 Å². The lowest BCUT2D eigenvalue weighted by atomic mass is 9.82. The first-order valence-electron chi connectivity index (χ1n) is 11.7. The van der Waals surface area contributed by atoms with Crippen molar-refractivity contribution in [2.24, 2.45) is 14.1 Å². The molecule has 8 nitrogen and oxygen atoms in total. The van der Waals surface area contributed by atoms with Crippen molar-refractivity contribution in [3.05, 3.63) is 81.1 Å². The summed E-state index contributed by atoms with van der Waals surface area (Å²) in [6.07, 6.45) is 2.68. The molecule has 1 aromatic heterocycles. The molecule has 0 saturated carbocycles. The summed E-state index contributed by atoms with van der Waals surface area (Å²) in [6, 6.07) is 15.1. The van der Waals surface area contributed by atoms with Gasteiger partial charge in [0.1, 0.15) is 5.75 Å². The Labute approximate surface area is 216 Å². The van der Waals surface area contributed by atoms with E-state index in [1.165, 1.54) is 11.6 Å². The summed E-state index contributed by atoms with van der Waals surface area (Å²) in [7, 11) is 1.34. The standard InChI is InChI=1S/C28H31N3O5S/c1-28(2,3)24-15-20(23-16-30(4)27(33)31(5)26(23)32)14-22(25(24)36-6)19-9-8-18-13-21(29-37(7,34)35)11-10-17(18)12-19/h8-16,29H,1-7H3. The molecule has 9 heteroatoms. The monoisotopic (exact) mass is 521 g/mol. The highest BCUT2D eigenvalue weighted by atomic mass is 32.2. The summed E-state index contributed by atoms with van der Waals surface area (Å²) in [4.78, 5) is 25.4. The Balaban J connectivity index is 1.98. The van der Waals surface area contributed by atoms with Crippen molar-refractivity contribution in [3.8, 4) is 28.0 Å². The molecular formula is C28H31N3O5S. The van der Waals surface area contributed by atoms with Gasteiger partial charge in [0.15, 0.2) is 0 Å². The fourth-order valence-electron chi connectivity index (χ4n) is 4.47. The highest BCUT2D eigenvalue weighted by Gasteiger charge is 2.25. The SMILES string of the molecule is COc1c(-c2ccc3cc(NS(C)(=O)=O)ccc3c2)cc(-c2cn(C)c(=O)n(C)c2=O)cc1C(C)(C)C. The number of nitrogens with zero attached hydrogens (tertiary/aromatic N) is 2. The number of methoxy groups -OCH3 is 1. The number of nitrogens with one attached hydrogen (secondary N) is 1. The van der Waals surface area contributed by atoms with E-state index in [9.17, 15) is 18.0 Å². The van der Waals surface area contributed by atoms with Crippen LogP contribution in [0.3, 0.4) is 0 Å². The fraction of sp³-hybridized carbons (Fsp3) is 0.286. The molecule has 0 amide bonds. The number of sulfonamides is 1. The van der Waals surface area contributed by atoms with Crippen LogP contribution in [-0.4, -0.2) is 30.9 Å². The zero-order chi connectivity index (χ0) is 27.3. The highest BCUT2D eigenvalue weighted by Crippen LogP contribution is 2.42. The van der Waals surface area contributed by atoms with Gasteiger partial charge in [-0.25, -0.2) is 13.2 Å². The van der Waals surface area contributed by atoms with Crippen molar-refractivity contribution in [2.45, 2.75) is 26.2 Å². The van der Waals surface area contributed by atoms with Crippen molar-refractivity contribution < 1.29 is 13.2 Å². The molecule has 0 fully saturated rings. The molecule has 0 saturated heterocycles. The van der Waals surface area contributed by atoms with Crippen LogP contribution in [0.1, 0.15) is 26.3 Å². The van der Waals surface area contributed by atoms with Crippen LogP contribution in [0.5, 0.6) is 5.75 Å². The first kappa shape index (κ1) is 26.2. The number of hydrogen-bond acceptors (Lipinski definition) is 5. The first-order valence-corrected chi connectivity index (χ1v) is 13.6. The highest BCUT2D eigenvalue weighted by molar-refractivity contribution is 7.92. The molecule has 0 atom stereocenters. The Hall–Kier alpha value is -3.85. The van der Waals surface area contributed by atoms with Gasteiger partial charge in [0.05, 0.1) is 18.9 Å². The van der Waals surface area contributed by atoms with Gasteiger partial charge < -0.3 is 9.30 Å². The van der Waals surface area contributed by atoms with Crippen molar-refractivity contribution in [1.29, 1.82) is 0 Å². The molecule has 0 aliphatic rings. The van der Waals surface area contributed by atoms with Gasteiger partial charge in [-0.1, -0.05) is 39.0 Å². The summed E-state index contributed by atoms with van der Waals surface area (Å²) in [5.41, 5.74) is 3.13. The van der Waals surface area contributed by atoms with E-state index < -0.39 is 15.7 Å². The Bertz CT molecular complexity index is 1760. The van der Waals surface area contributed by atoms with Crippen LogP contribution in [0, 0.1) is 0 Å². The zero-order valence-corrected chi connectivity index (χ0v) is 22.9. The third-order valence-corrected chi connectivity index (χ3v) is 6.92. The van der Waals surface area contributed by atoms with Crippen LogP contribution >= 0.6 is 0 Å². The van der Waals surface area contributed by atoms with Crippen LogP contribution in [0.2, 0.25) is 0 Å². The average molecular weight is 522 g/mol. The molecule has 0 spiro atoms. The second-order valence-electron chi connectivity index (χ2n) is 10.3. The van der Waals surface area contributed by atoms with Gasteiger partial charge in [0.25, 0.3) is 5.56 Å². The average Bonchev–Trinajstić information content (AvgIpc) is 2.82. The molecule has 4 aromatic rings. The number of hydrogen-bond donors (Lipinski definition) is 1. The molecular weight excluding hydrogens is 490 g/mol. The Kier molecular flexibility index (Phi) is 6.54. The smallest absolute Gasteiger partial charge is 0.330 e. The summed E-state index contributed by atoms with van der Waals surface area (Å²) in [5.74, 6) is 0.701. The van der Waals surface area contributed by atoms with E-state index in [1.54, 1.807) is 32.5 Å². The van der Waals surface area contributed by atoms with Crippen LogP contribution < -0.4 is 20.7 Å². The van der Waals surface area contributed by atoms with Gasteiger partial charge in [0, 0.05) is 37.1 Å². The molecule has 0 radical (unpaired) electrons. The van der Waals surface area contributed by atoms with Crippen molar-refractivity contribution in [1.82, 2.24) is 9.13 Å². The topological polar surface area (TPSA) is 99.4 Å². The summed E-state index contributed by atoms with van der Waals surface area (Å²) in [5, 5.41) is 1.79. The van der Waals surface area contributed by atoms with Crippen molar-refractivity contribution in [3.63, 3.8) is 0 Å². The third kappa shape index (κ3) is 5.17. The first-order chi connectivity index (χ1) is 17.2. The number of fused-ring (bicyclic) bond motifs is 1. The Morgan fingerprint density at radius 2 is 1.51 bits per heavy atom. The van der Waals surface area contributed by atoms with E-state index in [-0.39, 0.29) is 11.0 Å². The molecule has 4 rings (SSSR count). The number of aromatic nitrogens is 2. The second kappa shape index (κ2) is 9.23. The van der Waals surface area contributed by atoms with Gasteiger partial charge in [-0.05, 0) is 57.6 Å². The molecule has 0 unspecified atom stereocenters. The number of aryl methyl sites for hydroxylation is 1. The third-order valence-electron chi connectivity index (χ3n) is 6.31. The molecule has 37 heavy (non-hydrogen) atoms. The van der Waals surface area contributed by atoms with E-state index in [0.717, 1.165) is 38.3 Å². The van der Waals surface area contributed by atoms with E-state index in [4.69, 9.17) is 4.74 Å². The second-order valence-corrected chi connectivity index (χ2v) is 12.1. The number of ether oxygens (including phenoxy) is 1. The molecule has 3 aromatic carbocycles. The maximum absolute atomic E-state index is 13.1. The maximum Gasteiger partial charge on any atom is 0.330 e. The number of rotatable bonds is 5. The van der Waals surface area contributed by atoms with E-state index in [0.29, 0.717) is 22.6 Å². The molecule has 0 bridgehead atoms. The minimum absolute atomic E-state index is 0.301. The van der Waals surface area contributed by atoms with Gasteiger partial charge >= 0.3 is 5.69 Å². The number of anilines is 1. The quantitative estimate of drug-likeness (QED) is 0.423. The Morgan fingerprint density at radius 1 is 0.865 bits per heavy atom. The minimum Gasteiger partial charge on any atom is -0.496 e. The van der Waals surface area contributed by atoms with Gasteiger partial charge in [-0.3, -0.25) is 14.1 Å². The van der Waals surface area contributed by atoms with Crippen molar-refractivity contribution >= 4 is 26.5 Å². The van der Waals surface area contributed by atoms with E-state index in [1.807, 2.05) is 36.4 Å². The number of benzene rings is 3. The Morgan fingerprint density at radius 3 is 2.14 bits per heavy atom. The lowest BCUT2D eigenvalue weighted by Gasteiger charge is -2.25. The zero-order valence-electron chi connectivity index (χ0n) is 22.0. The summed E-state index contributed by atoms with van der Waals surface area (Å²) < 4.78 is 34.2. The minimum atomic E-state index is -3.38. The molecule has 0 aliphatic heterocycles. The lowest BCUT2D eigenvalue weighted by molar-refractivity contribution is 0.399. The van der Waals surface area contributed by atoms with Gasteiger partial charge in [-0.15, -0.1) is 0 Å². The lowest BCUT2D eigenvalue weighted by Crippen LogP contribution is -2.37. The molecule has 194 valence electrons. The fourth-order valence-corrected chi connectivity index (χ4v) is 5.03. The largest absolute Gasteiger partial charge is 0.496 e. The van der Waals surface area contributed by atoms with E-state index >= 15 is 0 Å². The van der Waals surface area contributed by atoms with Crippen LogP contribution in [0.4, 0.5) is 5.69 Å². The van der Waals surface area contributed by atoms with Crippen LogP contribution in [-0.2, 0) is 29.5 Å². The predicted molar refractivity (Wildman–Crippen MR) is 149 cm³/mol. The van der Waals surface area contributed by atoms with Gasteiger partial charge in [-0.2, -0.15) is 0 Å². The normalized spacial score (nSPS) is 12.1. The predicted octanol–water partition coefficient (Wildman–Crippen LogP) is 4.25.